The number of benzene rings is 2. The Balaban J connectivity index is 1.64. The Labute approximate surface area is 178 Å². The van der Waals surface area contributed by atoms with E-state index in [9.17, 15) is 4.79 Å². The monoisotopic (exact) mass is 407 g/mol. The zero-order valence-electron chi connectivity index (χ0n) is 17.6. The lowest BCUT2D eigenvalue weighted by molar-refractivity contribution is -0.127. The van der Waals surface area contributed by atoms with Crippen LogP contribution in [0.5, 0.6) is 11.5 Å². The quantitative estimate of drug-likeness (QED) is 0.723. The molecule has 6 heteroatoms. The van der Waals surface area contributed by atoms with Crippen molar-refractivity contribution >= 4 is 5.91 Å². The van der Waals surface area contributed by atoms with Gasteiger partial charge < -0.3 is 14.8 Å². The van der Waals surface area contributed by atoms with Gasteiger partial charge in [-0.2, -0.15) is 5.26 Å². The van der Waals surface area contributed by atoms with Gasteiger partial charge in [-0.3, -0.25) is 9.69 Å². The van der Waals surface area contributed by atoms with E-state index in [0.29, 0.717) is 17.9 Å². The Morgan fingerprint density at radius 1 is 1.13 bits per heavy atom. The average molecular weight is 408 g/mol. The third kappa shape index (κ3) is 5.74. The fraction of sp³-hybridized carbons (Fsp3) is 0.417. The lowest BCUT2D eigenvalue weighted by Crippen LogP contribution is -2.43. The number of carbonyl (C=O) groups excluding carboxylic acids is 1. The molecule has 2 atom stereocenters. The largest absolute Gasteiger partial charge is 0.497 e. The molecule has 1 N–H and O–H groups in total. The van der Waals surface area contributed by atoms with E-state index in [1.54, 1.807) is 38.3 Å². The molecule has 1 heterocycles. The summed E-state index contributed by atoms with van der Waals surface area (Å²) in [6.45, 7) is 4.29. The van der Waals surface area contributed by atoms with Crippen LogP contribution in [0, 0.1) is 11.3 Å². The first kappa shape index (κ1) is 21.7. The van der Waals surface area contributed by atoms with Crippen LogP contribution in [0.2, 0.25) is 0 Å². The number of likely N-dealkylation sites (tertiary alicyclic amines) is 1. The maximum Gasteiger partial charge on any atom is 0.260 e. The van der Waals surface area contributed by atoms with Gasteiger partial charge in [0.15, 0.2) is 6.10 Å². The summed E-state index contributed by atoms with van der Waals surface area (Å²) in [6, 6.07) is 17.1. The molecule has 0 aliphatic carbocycles. The van der Waals surface area contributed by atoms with Crippen LogP contribution in [0.15, 0.2) is 48.5 Å². The van der Waals surface area contributed by atoms with Crippen LogP contribution in [0.3, 0.4) is 0 Å². The normalized spacial score (nSPS) is 16.2. The van der Waals surface area contributed by atoms with E-state index in [1.165, 1.54) is 19.3 Å². The van der Waals surface area contributed by atoms with Crippen LogP contribution >= 0.6 is 0 Å². The van der Waals surface area contributed by atoms with Crippen LogP contribution in [-0.4, -0.2) is 43.7 Å². The van der Waals surface area contributed by atoms with Crippen molar-refractivity contribution in [3.63, 3.8) is 0 Å². The van der Waals surface area contributed by atoms with Gasteiger partial charge >= 0.3 is 0 Å². The summed E-state index contributed by atoms with van der Waals surface area (Å²) in [7, 11) is 1.66. The van der Waals surface area contributed by atoms with Gasteiger partial charge in [0.05, 0.1) is 24.8 Å². The molecule has 0 radical (unpaired) electrons. The van der Waals surface area contributed by atoms with Crippen molar-refractivity contribution in [3.05, 3.63) is 59.7 Å². The highest BCUT2D eigenvalue weighted by molar-refractivity contribution is 5.80. The summed E-state index contributed by atoms with van der Waals surface area (Å²) < 4.78 is 11.0. The van der Waals surface area contributed by atoms with Crippen LogP contribution in [0.1, 0.15) is 43.4 Å². The highest BCUT2D eigenvalue weighted by Crippen LogP contribution is 2.26. The maximum absolute atomic E-state index is 12.7. The number of hydrogen-bond donors (Lipinski definition) is 1. The number of nitrogens with zero attached hydrogens (tertiary/aromatic N) is 2. The molecule has 158 valence electrons. The topological polar surface area (TPSA) is 74.6 Å². The van der Waals surface area contributed by atoms with Crippen molar-refractivity contribution in [3.8, 4) is 17.6 Å². The number of hydrogen-bond acceptors (Lipinski definition) is 5. The molecular formula is C24H29N3O3. The Morgan fingerprint density at radius 3 is 2.53 bits per heavy atom. The van der Waals surface area contributed by atoms with E-state index in [4.69, 9.17) is 14.7 Å². The van der Waals surface area contributed by atoms with Crippen molar-refractivity contribution in [1.29, 1.82) is 5.26 Å². The number of nitrogens with one attached hydrogen (secondary N) is 1. The first-order chi connectivity index (χ1) is 14.6. The first-order valence-electron chi connectivity index (χ1n) is 10.4. The maximum atomic E-state index is 12.7. The summed E-state index contributed by atoms with van der Waals surface area (Å²) in [5, 5.41) is 12.1. The predicted octanol–water partition coefficient (Wildman–Crippen LogP) is 3.68. The predicted molar refractivity (Wildman–Crippen MR) is 115 cm³/mol. The first-order valence-corrected chi connectivity index (χ1v) is 10.4. The molecule has 0 bridgehead atoms. The summed E-state index contributed by atoms with van der Waals surface area (Å²) in [5.74, 6) is 1.16. The molecule has 2 aromatic carbocycles. The SMILES string of the molecule is COc1ccc(C(CNC(=O)C(C)Oc2cccc(C#N)c2)N2CCCCC2)cc1. The Bertz CT molecular complexity index is 870. The third-order valence-corrected chi connectivity index (χ3v) is 5.45. The van der Waals surface area contributed by atoms with Crippen molar-refractivity contribution < 1.29 is 14.3 Å². The number of carbonyl (C=O) groups is 1. The molecule has 1 aliphatic heterocycles. The molecule has 6 nitrogen and oxygen atoms in total. The van der Waals surface area contributed by atoms with Gasteiger partial charge in [-0.1, -0.05) is 24.6 Å². The number of amides is 1. The lowest BCUT2D eigenvalue weighted by atomic mass is 10.0. The summed E-state index contributed by atoms with van der Waals surface area (Å²) in [4.78, 5) is 15.1. The number of rotatable bonds is 8. The van der Waals surface area contributed by atoms with E-state index in [1.807, 2.05) is 12.1 Å². The molecule has 1 amide bonds. The summed E-state index contributed by atoms with van der Waals surface area (Å²) in [6.07, 6.45) is 2.95. The van der Waals surface area contributed by atoms with Crippen molar-refractivity contribution in [2.24, 2.45) is 0 Å². The second-order valence-electron chi connectivity index (χ2n) is 7.53. The number of ether oxygens (including phenoxy) is 2. The standard InChI is InChI=1S/C24H29N3O3/c1-18(30-22-8-6-7-19(15-22)16-25)24(28)26-17-23(27-13-4-3-5-14-27)20-9-11-21(29-2)12-10-20/h6-12,15,18,23H,3-5,13-14,17H2,1-2H3,(H,26,28). The molecule has 2 aromatic rings. The molecule has 1 aliphatic rings. The minimum Gasteiger partial charge on any atom is -0.497 e. The van der Waals surface area contributed by atoms with Gasteiger partial charge in [0.1, 0.15) is 11.5 Å². The number of piperidine rings is 1. The molecule has 3 rings (SSSR count). The van der Waals surface area contributed by atoms with Crippen LogP contribution in [-0.2, 0) is 4.79 Å². The molecular weight excluding hydrogens is 378 g/mol. The fourth-order valence-electron chi connectivity index (χ4n) is 3.75. The van der Waals surface area contributed by atoms with Gasteiger partial charge in [0.2, 0.25) is 0 Å². The molecule has 30 heavy (non-hydrogen) atoms. The smallest absolute Gasteiger partial charge is 0.260 e. The van der Waals surface area contributed by atoms with E-state index in [0.717, 1.165) is 24.4 Å². The van der Waals surface area contributed by atoms with E-state index >= 15 is 0 Å². The van der Waals surface area contributed by atoms with Gasteiger partial charge in [-0.25, -0.2) is 0 Å². The van der Waals surface area contributed by atoms with Gasteiger partial charge in [-0.15, -0.1) is 0 Å². The van der Waals surface area contributed by atoms with Crippen LogP contribution < -0.4 is 14.8 Å². The van der Waals surface area contributed by atoms with Crippen molar-refractivity contribution in [2.45, 2.75) is 38.3 Å². The summed E-state index contributed by atoms with van der Waals surface area (Å²) >= 11 is 0. The zero-order valence-corrected chi connectivity index (χ0v) is 17.6. The molecule has 2 unspecified atom stereocenters. The van der Waals surface area contributed by atoms with Gasteiger partial charge in [0, 0.05) is 6.54 Å². The Kier molecular flexibility index (Phi) is 7.69. The highest BCUT2D eigenvalue weighted by Gasteiger charge is 2.24. The van der Waals surface area contributed by atoms with Crippen molar-refractivity contribution in [1.82, 2.24) is 10.2 Å². The Hall–Kier alpha value is -3.04. The third-order valence-electron chi connectivity index (χ3n) is 5.45. The van der Waals surface area contributed by atoms with Crippen molar-refractivity contribution in [2.75, 3.05) is 26.7 Å². The minimum atomic E-state index is -0.656. The fourth-order valence-corrected chi connectivity index (χ4v) is 3.75. The molecule has 1 fully saturated rings. The second kappa shape index (κ2) is 10.7. The summed E-state index contributed by atoms with van der Waals surface area (Å²) in [5.41, 5.74) is 1.66. The number of nitriles is 1. The second-order valence-corrected chi connectivity index (χ2v) is 7.53. The minimum absolute atomic E-state index is 0.106. The molecule has 0 saturated carbocycles. The van der Waals surface area contributed by atoms with Gasteiger partial charge in [-0.05, 0) is 68.8 Å². The molecule has 1 saturated heterocycles. The molecule has 0 spiro atoms. The highest BCUT2D eigenvalue weighted by atomic mass is 16.5. The number of methoxy groups -OCH3 is 1. The van der Waals surface area contributed by atoms with E-state index in [2.05, 4.69) is 28.4 Å². The lowest BCUT2D eigenvalue weighted by Gasteiger charge is -2.35. The zero-order chi connectivity index (χ0) is 21.3. The molecule has 0 aromatic heterocycles. The van der Waals surface area contributed by atoms with Crippen LogP contribution in [0.25, 0.3) is 0 Å². The van der Waals surface area contributed by atoms with E-state index in [-0.39, 0.29) is 11.9 Å². The van der Waals surface area contributed by atoms with Crippen LogP contribution in [0.4, 0.5) is 0 Å². The van der Waals surface area contributed by atoms with E-state index < -0.39 is 6.10 Å². The average Bonchev–Trinajstić information content (AvgIpc) is 2.80. The Morgan fingerprint density at radius 2 is 1.87 bits per heavy atom. The van der Waals surface area contributed by atoms with Gasteiger partial charge in [0.25, 0.3) is 5.91 Å².